The van der Waals surface area contributed by atoms with Gasteiger partial charge in [-0.05, 0) is 74.6 Å². The third kappa shape index (κ3) is 3.19. The van der Waals surface area contributed by atoms with Crippen LogP contribution < -0.4 is 10.2 Å². The molecular formula is C24H26FN3OS. The zero-order chi connectivity index (χ0) is 21.0. The molecule has 1 amide bonds. The third-order valence-electron chi connectivity index (χ3n) is 6.61. The van der Waals surface area contributed by atoms with E-state index >= 15 is 0 Å². The Morgan fingerprint density at radius 3 is 2.67 bits per heavy atom. The Bertz CT molecular complexity index is 1130. The van der Waals surface area contributed by atoms with Crippen LogP contribution in [0, 0.1) is 12.7 Å². The van der Waals surface area contributed by atoms with Crippen molar-refractivity contribution in [2.24, 2.45) is 0 Å². The summed E-state index contributed by atoms with van der Waals surface area (Å²) in [4.78, 5) is 17.8. The first kappa shape index (κ1) is 19.5. The molecule has 156 valence electrons. The molecule has 1 aromatic heterocycles. The highest BCUT2D eigenvalue weighted by molar-refractivity contribution is 7.17. The number of nitrogens with one attached hydrogen (secondary N) is 1. The summed E-state index contributed by atoms with van der Waals surface area (Å²) in [6.45, 7) is 3.94. The van der Waals surface area contributed by atoms with Crippen molar-refractivity contribution in [1.82, 2.24) is 10.2 Å². The van der Waals surface area contributed by atoms with Gasteiger partial charge in [-0.2, -0.15) is 0 Å². The van der Waals surface area contributed by atoms with E-state index in [1.807, 2.05) is 36.6 Å². The van der Waals surface area contributed by atoms with Crippen LogP contribution in [0.3, 0.4) is 0 Å². The lowest BCUT2D eigenvalue weighted by Crippen LogP contribution is -2.57. The fourth-order valence-corrected chi connectivity index (χ4v) is 5.19. The molecule has 2 aromatic carbocycles. The van der Waals surface area contributed by atoms with Crippen LogP contribution in [0.5, 0.6) is 0 Å². The number of likely N-dealkylation sites (N-methyl/N-ethyl adjacent to an activating group) is 1. The van der Waals surface area contributed by atoms with Crippen molar-refractivity contribution in [1.29, 1.82) is 0 Å². The summed E-state index contributed by atoms with van der Waals surface area (Å²) in [6, 6.07) is 12.0. The topological polar surface area (TPSA) is 35.6 Å². The molecule has 30 heavy (non-hydrogen) atoms. The van der Waals surface area contributed by atoms with Crippen molar-refractivity contribution >= 4 is 33.0 Å². The van der Waals surface area contributed by atoms with Gasteiger partial charge in [-0.25, -0.2) is 4.39 Å². The molecule has 0 unspecified atom stereocenters. The van der Waals surface area contributed by atoms with Gasteiger partial charge >= 0.3 is 0 Å². The lowest BCUT2D eigenvalue weighted by molar-refractivity contribution is 0.0930. The van der Waals surface area contributed by atoms with Crippen molar-refractivity contribution in [3.63, 3.8) is 0 Å². The van der Waals surface area contributed by atoms with Crippen LogP contribution >= 0.6 is 11.3 Å². The Kier molecular flexibility index (Phi) is 4.60. The Morgan fingerprint density at radius 2 is 1.97 bits per heavy atom. The van der Waals surface area contributed by atoms with Gasteiger partial charge in [0.1, 0.15) is 5.82 Å². The van der Waals surface area contributed by atoms with Gasteiger partial charge in [-0.3, -0.25) is 4.79 Å². The van der Waals surface area contributed by atoms with Gasteiger partial charge in [-0.15, -0.1) is 11.3 Å². The SMILES string of the molecule is Cc1ccc(N2CC(N(C)C)C2)cc1C(=O)NC1(c2ccc(F)c3sccc23)CC1. The smallest absolute Gasteiger partial charge is 0.252 e. The number of benzene rings is 2. The van der Waals surface area contributed by atoms with Crippen molar-refractivity contribution in [2.45, 2.75) is 31.3 Å². The van der Waals surface area contributed by atoms with E-state index < -0.39 is 0 Å². The maximum Gasteiger partial charge on any atom is 0.252 e. The number of nitrogens with zero attached hydrogens (tertiary/aromatic N) is 2. The lowest BCUT2D eigenvalue weighted by Gasteiger charge is -2.44. The number of rotatable bonds is 5. The summed E-state index contributed by atoms with van der Waals surface area (Å²) >= 11 is 1.41. The molecule has 1 N–H and O–H groups in total. The summed E-state index contributed by atoms with van der Waals surface area (Å²) in [5, 5.41) is 6.12. The van der Waals surface area contributed by atoms with E-state index in [4.69, 9.17) is 0 Å². The standard InChI is InChI=1S/C24H26FN3OS/c1-15-4-5-16(28-13-17(14-28)27(2)3)12-19(15)23(29)26-24(9-10-24)20-6-7-21(25)22-18(20)8-11-30-22/h4-8,11-12,17H,9-10,13-14H2,1-3H3,(H,26,29). The molecule has 2 heterocycles. The van der Waals surface area contributed by atoms with Crippen molar-refractivity contribution in [3.8, 4) is 0 Å². The predicted molar refractivity (Wildman–Crippen MR) is 121 cm³/mol. The van der Waals surface area contributed by atoms with Crippen LogP contribution in [0.4, 0.5) is 10.1 Å². The lowest BCUT2D eigenvalue weighted by atomic mass is 9.98. The molecule has 4 nitrogen and oxygen atoms in total. The molecular weight excluding hydrogens is 397 g/mol. The first-order chi connectivity index (χ1) is 14.4. The minimum atomic E-state index is -0.390. The van der Waals surface area contributed by atoms with E-state index in [0.29, 0.717) is 10.7 Å². The molecule has 1 aliphatic heterocycles. The van der Waals surface area contributed by atoms with E-state index in [-0.39, 0.29) is 17.3 Å². The summed E-state index contributed by atoms with van der Waals surface area (Å²) < 4.78 is 14.8. The Hall–Kier alpha value is -2.44. The summed E-state index contributed by atoms with van der Waals surface area (Å²) in [7, 11) is 4.20. The fraction of sp³-hybridized carbons (Fsp3) is 0.375. The number of fused-ring (bicyclic) bond motifs is 1. The van der Waals surface area contributed by atoms with Gasteiger partial charge in [0.15, 0.2) is 0 Å². The average Bonchev–Trinajstić information content (AvgIpc) is 3.25. The van der Waals surface area contributed by atoms with E-state index in [1.165, 1.54) is 17.4 Å². The normalized spacial score (nSPS) is 18.0. The number of hydrogen-bond donors (Lipinski definition) is 1. The van der Waals surface area contributed by atoms with Crippen LogP contribution in [-0.2, 0) is 5.54 Å². The molecule has 1 saturated carbocycles. The zero-order valence-corrected chi connectivity index (χ0v) is 18.4. The molecule has 2 fully saturated rings. The minimum absolute atomic E-state index is 0.0516. The van der Waals surface area contributed by atoms with Crippen LogP contribution in [0.2, 0.25) is 0 Å². The minimum Gasteiger partial charge on any atom is -0.368 e. The van der Waals surface area contributed by atoms with Crippen molar-refractivity contribution < 1.29 is 9.18 Å². The quantitative estimate of drug-likeness (QED) is 0.656. The number of thiophene rings is 1. The largest absolute Gasteiger partial charge is 0.368 e. The number of carbonyl (C=O) groups excluding carboxylic acids is 1. The second-order valence-corrected chi connectivity index (χ2v) is 9.73. The molecule has 0 spiro atoms. The van der Waals surface area contributed by atoms with Gasteiger partial charge in [0.05, 0.1) is 10.2 Å². The Labute approximate surface area is 180 Å². The van der Waals surface area contributed by atoms with Crippen LogP contribution in [0.1, 0.15) is 34.3 Å². The number of carbonyl (C=O) groups is 1. The zero-order valence-electron chi connectivity index (χ0n) is 17.5. The number of halogens is 1. The highest BCUT2D eigenvalue weighted by Gasteiger charge is 2.47. The van der Waals surface area contributed by atoms with E-state index in [9.17, 15) is 9.18 Å². The molecule has 0 bridgehead atoms. The fourth-order valence-electron chi connectivity index (χ4n) is 4.36. The molecule has 6 heteroatoms. The Balaban J connectivity index is 1.40. The monoisotopic (exact) mass is 423 g/mol. The van der Waals surface area contributed by atoms with Crippen molar-refractivity contribution in [3.05, 3.63) is 64.3 Å². The maximum atomic E-state index is 14.1. The summed E-state index contributed by atoms with van der Waals surface area (Å²) in [5.74, 6) is -0.246. The van der Waals surface area contributed by atoms with E-state index in [1.54, 1.807) is 0 Å². The van der Waals surface area contributed by atoms with E-state index in [0.717, 1.165) is 53.7 Å². The molecule has 1 aliphatic carbocycles. The Morgan fingerprint density at radius 1 is 1.20 bits per heavy atom. The second-order valence-electron chi connectivity index (χ2n) is 8.82. The van der Waals surface area contributed by atoms with Crippen LogP contribution in [0.25, 0.3) is 10.1 Å². The molecule has 2 aliphatic rings. The highest BCUT2D eigenvalue weighted by Crippen LogP contribution is 2.49. The molecule has 0 radical (unpaired) electrons. The van der Waals surface area contributed by atoms with E-state index in [2.05, 4.69) is 35.3 Å². The highest BCUT2D eigenvalue weighted by atomic mass is 32.1. The maximum absolute atomic E-state index is 14.1. The number of amides is 1. The number of aryl methyl sites for hydroxylation is 1. The first-order valence-corrected chi connectivity index (χ1v) is 11.3. The van der Waals surface area contributed by atoms with Crippen molar-refractivity contribution in [2.75, 3.05) is 32.1 Å². The molecule has 1 saturated heterocycles. The number of hydrogen-bond acceptors (Lipinski definition) is 4. The summed E-state index contributed by atoms with van der Waals surface area (Å²) in [6.07, 6.45) is 1.76. The second kappa shape index (κ2) is 7.06. The van der Waals surface area contributed by atoms with Crippen LogP contribution in [0.15, 0.2) is 41.8 Å². The van der Waals surface area contributed by atoms with Crippen LogP contribution in [-0.4, -0.2) is 44.0 Å². The molecule has 0 atom stereocenters. The van der Waals surface area contributed by atoms with Gasteiger partial charge in [0, 0.05) is 35.8 Å². The third-order valence-corrected chi connectivity index (χ3v) is 7.53. The number of anilines is 1. The summed E-state index contributed by atoms with van der Waals surface area (Å²) in [5.41, 5.74) is 3.42. The van der Waals surface area contributed by atoms with Gasteiger partial charge in [0.2, 0.25) is 0 Å². The first-order valence-electron chi connectivity index (χ1n) is 10.4. The molecule has 5 rings (SSSR count). The predicted octanol–water partition coefficient (Wildman–Crippen LogP) is 4.52. The average molecular weight is 424 g/mol. The van der Waals surface area contributed by atoms with Gasteiger partial charge in [0.25, 0.3) is 5.91 Å². The molecule has 3 aromatic rings. The van der Waals surface area contributed by atoms with Gasteiger partial charge in [-0.1, -0.05) is 12.1 Å². The van der Waals surface area contributed by atoms with Gasteiger partial charge < -0.3 is 15.1 Å².